The molecule has 5 N–H and O–H groups in total. The third kappa shape index (κ3) is 3.95. The van der Waals surface area contributed by atoms with E-state index in [0.29, 0.717) is 19.3 Å². The van der Waals surface area contributed by atoms with E-state index in [2.05, 4.69) is 5.32 Å². The van der Waals surface area contributed by atoms with Gasteiger partial charge in [-0.15, -0.1) is 0 Å². The lowest BCUT2D eigenvalue weighted by Crippen LogP contribution is -2.58. The van der Waals surface area contributed by atoms with E-state index in [1.807, 2.05) is 0 Å². The first-order valence-corrected chi connectivity index (χ1v) is 6.97. The number of carbonyl (C=O) groups is 2. The van der Waals surface area contributed by atoms with E-state index in [1.54, 1.807) is 12.1 Å². The van der Waals surface area contributed by atoms with Gasteiger partial charge in [0.15, 0.2) is 0 Å². The molecule has 0 aromatic heterocycles. The first-order chi connectivity index (χ1) is 9.90. The summed E-state index contributed by atoms with van der Waals surface area (Å²) in [5.41, 5.74) is 6.10. The molecular formula is C15H20N2O4. The van der Waals surface area contributed by atoms with E-state index in [0.717, 1.165) is 12.0 Å². The van der Waals surface area contributed by atoms with Gasteiger partial charge in [-0.05, 0) is 43.4 Å². The van der Waals surface area contributed by atoms with E-state index >= 15 is 0 Å². The quantitative estimate of drug-likeness (QED) is 0.619. The highest BCUT2D eigenvalue weighted by atomic mass is 16.4. The Morgan fingerprint density at radius 1 is 1.29 bits per heavy atom. The third-order valence-electron chi connectivity index (χ3n) is 3.92. The molecule has 6 heteroatoms. The van der Waals surface area contributed by atoms with Crippen LogP contribution >= 0.6 is 0 Å². The van der Waals surface area contributed by atoms with Crippen LogP contribution in [0.3, 0.4) is 0 Å². The Morgan fingerprint density at radius 2 is 1.90 bits per heavy atom. The molecule has 0 heterocycles. The zero-order valence-electron chi connectivity index (χ0n) is 11.7. The lowest BCUT2D eigenvalue weighted by molar-refractivity contribution is -0.140. The predicted molar refractivity (Wildman–Crippen MR) is 76.8 cm³/mol. The van der Waals surface area contributed by atoms with Crippen molar-refractivity contribution in [2.45, 2.75) is 43.7 Å². The monoisotopic (exact) mass is 292 g/mol. The maximum Gasteiger partial charge on any atom is 0.305 e. The van der Waals surface area contributed by atoms with Crippen molar-refractivity contribution in [1.82, 2.24) is 5.32 Å². The molecule has 1 amide bonds. The highest BCUT2D eigenvalue weighted by Crippen LogP contribution is 2.35. The van der Waals surface area contributed by atoms with Gasteiger partial charge in [0.05, 0.1) is 18.0 Å². The Hall–Kier alpha value is -2.08. The molecule has 1 atom stereocenters. The van der Waals surface area contributed by atoms with E-state index < -0.39 is 17.6 Å². The molecule has 6 nitrogen and oxygen atoms in total. The van der Waals surface area contributed by atoms with Gasteiger partial charge < -0.3 is 21.3 Å². The molecule has 1 aromatic rings. The summed E-state index contributed by atoms with van der Waals surface area (Å²) in [7, 11) is 0. The number of nitrogens with one attached hydrogen (secondary N) is 1. The minimum Gasteiger partial charge on any atom is -0.508 e. The van der Waals surface area contributed by atoms with Crippen LogP contribution in [0.25, 0.3) is 0 Å². The van der Waals surface area contributed by atoms with Crippen molar-refractivity contribution in [3.05, 3.63) is 29.8 Å². The average Bonchev–Trinajstić information content (AvgIpc) is 2.38. The Kier molecular flexibility index (Phi) is 4.47. The molecule has 1 aromatic carbocycles. The summed E-state index contributed by atoms with van der Waals surface area (Å²) in [4.78, 5) is 23.0. The van der Waals surface area contributed by atoms with Gasteiger partial charge in [0, 0.05) is 0 Å². The zero-order chi connectivity index (χ0) is 15.5. The third-order valence-corrected chi connectivity index (χ3v) is 3.92. The fourth-order valence-corrected chi connectivity index (χ4v) is 2.57. The second-order valence-electron chi connectivity index (χ2n) is 5.67. The maximum absolute atomic E-state index is 12.1. The minimum atomic E-state index is -0.915. The number of benzene rings is 1. The van der Waals surface area contributed by atoms with Crippen molar-refractivity contribution in [3.8, 4) is 5.75 Å². The molecule has 0 aliphatic heterocycles. The van der Waals surface area contributed by atoms with E-state index in [1.165, 1.54) is 12.1 Å². The Labute approximate surface area is 123 Å². The van der Waals surface area contributed by atoms with Crippen LogP contribution < -0.4 is 11.1 Å². The van der Waals surface area contributed by atoms with Crippen LogP contribution in [-0.2, 0) is 16.0 Å². The molecule has 1 saturated carbocycles. The fourth-order valence-electron chi connectivity index (χ4n) is 2.57. The smallest absolute Gasteiger partial charge is 0.305 e. The van der Waals surface area contributed by atoms with Gasteiger partial charge in [0.2, 0.25) is 5.91 Å². The van der Waals surface area contributed by atoms with E-state index in [4.69, 9.17) is 10.8 Å². The van der Waals surface area contributed by atoms with Crippen molar-refractivity contribution < 1.29 is 19.8 Å². The van der Waals surface area contributed by atoms with Crippen molar-refractivity contribution in [3.63, 3.8) is 0 Å². The first-order valence-electron chi connectivity index (χ1n) is 6.97. The normalized spacial score (nSPS) is 17.6. The lowest BCUT2D eigenvalue weighted by Gasteiger charge is -2.42. The van der Waals surface area contributed by atoms with Crippen molar-refractivity contribution in [2.24, 2.45) is 5.73 Å². The molecule has 0 radical (unpaired) electrons. The summed E-state index contributed by atoms with van der Waals surface area (Å²) >= 11 is 0. The fraction of sp³-hybridized carbons (Fsp3) is 0.467. The lowest BCUT2D eigenvalue weighted by atomic mass is 9.74. The highest BCUT2D eigenvalue weighted by molar-refractivity contribution is 5.83. The number of phenols is 1. The van der Waals surface area contributed by atoms with Gasteiger partial charge in [0.25, 0.3) is 0 Å². The average molecular weight is 292 g/mol. The molecule has 1 aliphatic carbocycles. The summed E-state index contributed by atoms with van der Waals surface area (Å²) < 4.78 is 0. The first kappa shape index (κ1) is 15.3. The van der Waals surface area contributed by atoms with Crippen LogP contribution in [0.15, 0.2) is 24.3 Å². The number of hydrogen-bond acceptors (Lipinski definition) is 4. The number of carboxylic acids is 1. The second-order valence-corrected chi connectivity index (χ2v) is 5.67. The highest BCUT2D eigenvalue weighted by Gasteiger charge is 2.41. The van der Waals surface area contributed by atoms with E-state index in [-0.39, 0.29) is 18.1 Å². The van der Waals surface area contributed by atoms with Gasteiger partial charge in [-0.3, -0.25) is 9.59 Å². The largest absolute Gasteiger partial charge is 0.508 e. The summed E-state index contributed by atoms with van der Waals surface area (Å²) in [6.45, 7) is 0. The van der Waals surface area contributed by atoms with Crippen LogP contribution in [0.4, 0.5) is 0 Å². The molecule has 2 rings (SSSR count). The van der Waals surface area contributed by atoms with Crippen LogP contribution in [0.1, 0.15) is 31.2 Å². The van der Waals surface area contributed by atoms with Gasteiger partial charge in [0.1, 0.15) is 5.75 Å². The van der Waals surface area contributed by atoms with Crippen LogP contribution in [0.5, 0.6) is 5.75 Å². The molecule has 1 aliphatic rings. The Morgan fingerprint density at radius 3 is 2.38 bits per heavy atom. The number of aliphatic carboxylic acids is 1. The molecule has 0 bridgehead atoms. The Bertz CT molecular complexity index is 523. The molecule has 1 fully saturated rings. The SMILES string of the molecule is N[C@H](Cc1ccc(O)cc1)C(=O)NC1(CC(=O)O)CCC1. The predicted octanol–water partition coefficient (Wildman–Crippen LogP) is 0.776. The van der Waals surface area contributed by atoms with Gasteiger partial charge in [-0.25, -0.2) is 0 Å². The number of amides is 1. The zero-order valence-corrected chi connectivity index (χ0v) is 11.7. The Balaban J connectivity index is 1.92. The van der Waals surface area contributed by atoms with Crippen molar-refractivity contribution >= 4 is 11.9 Å². The number of hydrogen-bond donors (Lipinski definition) is 4. The number of aromatic hydroxyl groups is 1. The number of nitrogens with two attached hydrogens (primary N) is 1. The number of rotatable bonds is 6. The summed E-state index contributed by atoms with van der Waals surface area (Å²) in [6.07, 6.45) is 2.55. The standard InChI is InChI=1S/C15H20N2O4/c16-12(8-10-2-4-11(18)5-3-10)14(21)17-15(6-1-7-15)9-13(19)20/h2-5,12,18H,1,6-9,16H2,(H,17,21)(H,19,20)/t12-/m1/s1. The number of phenolic OH excluding ortho intramolecular Hbond substituents is 1. The number of carbonyl (C=O) groups excluding carboxylic acids is 1. The maximum atomic E-state index is 12.1. The number of carboxylic acid groups (broad SMARTS) is 1. The van der Waals surface area contributed by atoms with Crippen molar-refractivity contribution in [2.75, 3.05) is 0 Å². The van der Waals surface area contributed by atoms with Gasteiger partial charge in [-0.1, -0.05) is 12.1 Å². The molecule has 114 valence electrons. The van der Waals surface area contributed by atoms with Gasteiger partial charge >= 0.3 is 5.97 Å². The summed E-state index contributed by atoms with van der Waals surface area (Å²) in [5.74, 6) is -1.09. The molecule has 0 unspecified atom stereocenters. The second kappa shape index (κ2) is 6.13. The van der Waals surface area contributed by atoms with E-state index in [9.17, 15) is 14.7 Å². The van der Waals surface area contributed by atoms with Crippen LogP contribution in [-0.4, -0.2) is 33.7 Å². The molecular weight excluding hydrogens is 272 g/mol. The topological polar surface area (TPSA) is 113 Å². The minimum absolute atomic E-state index is 0.0648. The molecule has 0 spiro atoms. The molecule has 0 saturated heterocycles. The summed E-state index contributed by atoms with van der Waals surface area (Å²) in [5, 5.41) is 20.9. The van der Waals surface area contributed by atoms with Gasteiger partial charge in [-0.2, -0.15) is 0 Å². The van der Waals surface area contributed by atoms with Crippen LogP contribution in [0.2, 0.25) is 0 Å². The van der Waals surface area contributed by atoms with Crippen molar-refractivity contribution in [1.29, 1.82) is 0 Å². The molecule has 21 heavy (non-hydrogen) atoms. The summed E-state index contributed by atoms with van der Waals surface area (Å²) in [6, 6.07) is 5.76. The van der Waals surface area contributed by atoms with Crippen LogP contribution in [0, 0.1) is 0 Å².